The minimum atomic E-state index is -5.00. The van der Waals surface area contributed by atoms with E-state index in [0.29, 0.717) is 11.6 Å². The molecule has 0 fully saturated rings. The third kappa shape index (κ3) is 9.78. The third-order valence-electron chi connectivity index (χ3n) is 5.39. The van der Waals surface area contributed by atoms with Crippen LogP contribution in [0.2, 0.25) is 0 Å². The summed E-state index contributed by atoms with van der Waals surface area (Å²) >= 11 is 0. The van der Waals surface area contributed by atoms with Gasteiger partial charge >= 0.3 is 88.7 Å². The molecule has 1 aromatic heterocycles. The summed E-state index contributed by atoms with van der Waals surface area (Å²) in [6.07, 6.45) is 0. The molecule has 0 bridgehead atoms. The van der Waals surface area contributed by atoms with Gasteiger partial charge in [0.15, 0.2) is 5.69 Å². The van der Waals surface area contributed by atoms with Crippen molar-refractivity contribution in [2.24, 2.45) is 10.2 Å². The number of H-pyrrole nitrogens is 1. The number of nitrogens with zero attached hydrogens (tertiary/aromatic N) is 2. The van der Waals surface area contributed by atoms with Crippen LogP contribution in [0.3, 0.4) is 0 Å². The number of benzene rings is 2. The van der Waals surface area contributed by atoms with E-state index >= 15 is 0 Å². The van der Waals surface area contributed by atoms with E-state index in [-0.39, 0.29) is 94.2 Å². The molecule has 20 heteroatoms. The Morgan fingerprint density at radius 2 is 1.45 bits per heavy atom. The molecule has 0 saturated carbocycles. The van der Waals surface area contributed by atoms with Crippen LogP contribution in [0.4, 0.5) is 11.4 Å². The average Bonchev–Trinajstić information content (AvgIpc) is 2.82. The Morgan fingerprint density at radius 3 is 1.95 bits per heavy atom. The molecule has 3 rings (SSSR count). The van der Waals surface area contributed by atoms with Crippen LogP contribution in [0.15, 0.2) is 67.3 Å². The fourth-order valence-corrected chi connectivity index (χ4v) is 4.36. The SMILES string of the molecule is Cc1c(C(=O)NC(C)c2ccc(S(=O)(=O)[O-])cc2)c(O)[nH]c(=O)c1N=Nc1ccc(S(=O)(=O)[O-])cc1C(=O)[O-].[Na+].[Na+].[Na+]. The zero-order chi connectivity index (χ0) is 29.3. The van der Waals surface area contributed by atoms with Crippen molar-refractivity contribution in [3.8, 4) is 5.88 Å². The maximum atomic E-state index is 12.9. The van der Waals surface area contributed by atoms with Gasteiger partial charge in [0.05, 0.1) is 27.5 Å². The molecule has 3 aromatic rings. The van der Waals surface area contributed by atoms with Crippen LogP contribution in [0.25, 0.3) is 0 Å². The minimum Gasteiger partial charge on any atom is -0.744 e. The van der Waals surface area contributed by atoms with Gasteiger partial charge in [-0.1, -0.05) is 12.1 Å². The molecular weight excluding hydrogens is 629 g/mol. The Balaban J connectivity index is 0.00000560. The molecule has 0 radical (unpaired) electrons. The molecule has 0 aliphatic carbocycles. The summed E-state index contributed by atoms with van der Waals surface area (Å²) in [6.45, 7) is 2.76. The number of aromatic carboxylic acids is 1. The first kappa shape index (κ1) is 40.5. The summed E-state index contributed by atoms with van der Waals surface area (Å²) < 4.78 is 66.8. The Hall–Kier alpha value is -1.45. The van der Waals surface area contributed by atoms with Gasteiger partial charge in [-0.3, -0.25) is 14.6 Å². The Labute approximate surface area is 305 Å². The number of aromatic hydroxyl groups is 1. The third-order valence-corrected chi connectivity index (χ3v) is 7.07. The average molecular weight is 646 g/mol. The number of nitrogens with one attached hydrogen (secondary N) is 2. The summed E-state index contributed by atoms with van der Waals surface area (Å²) in [7, 11) is -9.67. The van der Waals surface area contributed by atoms with E-state index in [1.807, 2.05) is 4.98 Å². The van der Waals surface area contributed by atoms with Crippen molar-refractivity contribution < 1.29 is 134 Å². The summed E-state index contributed by atoms with van der Waals surface area (Å²) in [6, 6.07) is 6.08. The van der Waals surface area contributed by atoms with Gasteiger partial charge in [-0.25, -0.2) is 16.8 Å². The number of hydrogen-bond donors (Lipinski definition) is 3. The van der Waals surface area contributed by atoms with E-state index in [0.717, 1.165) is 24.3 Å². The molecule has 0 aliphatic rings. The van der Waals surface area contributed by atoms with Crippen molar-refractivity contribution in [3.05, 3.63) is 75.1 Å². The molecular formula is C22H17N4Na3O11S2. The topological polar surface area (TPSA) is 261 Å². The monoisotopic (exact) mass is 646 g/mol. The van der Waals surface area contributed by atoms with Crippen molar-refractivity contribution in [3.63, 3.8) is 0 Å². The van der Waals surface area contributed by atoms with Crippen LogP contribution >= 0.6 is 0 Å². The number of pyridine rings is 1. The van der Waals surface area contributed by atoms with Crippen LogP contribution < -0.4 is 105 Å². The number of amides is 1. The van der Waals surface area contributed by atoms with Gasteiger partial charge in [-0.15, -0.1) is 10.2 Å². The van der Waals surface area contributed by atoms with Crippen LogP contribution in [-0.4, -0.2) is 47.9 Å². The van der Waals surface area contributed by atoms with E-state index in [1.54, 1.807) is 0 Å². The van der Waals surface area contributed by atoms with Crippen LogP contribution in [0.1, 0.15) is 44.8 Å². The number of rotatable bonds is 8. The zero-order valence-corrected chi connectivity index (χ0v) is 30.5. The van der Waals surface area contributed by atoms with E-state index < -0.39 is 81.9 Å². The van der Waals surface area contributed by atoms with E-state index in [2.05, 4.69) is 15.5 Å². The van der Waals surface area contributed by atoms with Gasteiger partial charge in [-0.2, -0.15) is 0 Å². The predicted molar refractivity (Wildman–Crippen MR) is 127 cm³/mol. The second kappa shape index (κ2) is 16.0. The van der Waals surface area contributed by atoms with Crippen LogP contribution in [-0.2, 0) is 20.2 Å². The Bertz CT molecular complexity index is 1800. The fourth-order valence-electron chi connectivity index (χ4n) is 3.39. The normalized spacial score (nSPS) is 11.9. The second-order valence-electron chi connectivity index (χ2n) is 7.99. The first-order valence-corrected chi connectivity index (χ1v) is 13.4. The number of aromatic amines is 1. The Kier molecular flexibility index (Phi) is 15.5. The van der Waals surface area contributed by atoms with E-state index in [4.69, 9.17) is 0 Å². The maximum Gasteiger partial charge on any atom is 1.00 e. The number of carbonyl (C=O) groups is 2. The Morgan fingerprint density at radius 1 is 0.929 bits per heavy atom. The predicted octanol–water partition coefficient (Wildman–Crippen LogP) is -8.52. The van der Waals surface area contributed by atoms with Crippen molar-refractivity contribution in [2.45, 2.75) is 29.7 Å². The standard InChI is InChI=1S/C22H20N4O11S2.3Na/c1-10-17(19(27)23-11(2)12-3-5-13(6-4-12)38(32,33)34)20(28)24-21(29)18(10)26-25-16-8-7-14(39(35,36)37)9-15(16)22(30)31;;;/h3-9,11H,1-2H3,(H,23,27)(H,30,31)(H2,24,28,29)(H,32,33,34)(H,35,36,37);;;/q;3*+1/p-3. The zero-order valence-electron chi connectivity index (χ0n) is 22.9. The number of carbonyl (C=O) groups excluding carboxylic acids is 2. The molecule has 0 saturated heterocycles. The van der Waals surface area contributed by atoms with Crippen molar-refractivity contribution >= 4 is 43.5 Å². The maximum absolute atomic E-state index is 12.9. The molecule has 206 valence electrons. The van der Waals surface area contributed by atoms with Gasteiger partial charge in [0.2, 0.25) is 5.88 Å². The molecule has 2 aromatic carbocycles. The van der Waals surface area contributed by atoms with E-state index in [1.165, 1.54) is 26.0 Å². The minimum absolute atomic E-state index is 0. The molecule has 1 heterocycles. The number of carboxylic acid groups (broad SMARTS) is 1. The van der Waals surface area contributed by atoms with Crippen molar-refractivity contribution in [2.75, 3.05) is 0 Å². The molecule has 0 spiro atoms. The number of aromatic nitrogens is 1. The number of carboxylic acids is 1. The molecule has 1 atom stereocenters. The molecule has 3 N–H and O–H groups in total. The molecule has 15 nitrogen and oxygen atoms in total. The van der Waals surface area contributed by atoms with Crippen LogP contribution in [0.5, 0.6) is 5.88 Å². The summed E-state index contributed by atoms with van der Waals surface area (Å²) in [5, 5.41) is 31.4. The van der Waals surface area contributed by atoms with Crippen molar-refractivity contribution in [1.82, 2.24) is 10.3 Å². The van der Waals surface area contributed by atoms with Crippen LogP contribution in [0, 0.1) is 6.92 Å². The first-order valence-electron chi connectivity index (χ1n) is 10.6. The molecule has 0 aliphatic heterocycles. The summed E-state index contributed by atoms with van der Waals surface area (Å²) in [5.74, 6) is -3.61. The summed E-state index contributed by atoms with van der Waals surface area (Å²) in [4.78, 5) is 37.4. The van der Waals surface area contributed by atoms with E-state index in [9.17, 15) is 50.5 Å². The number of hydrogen-bond acceptors (Lipinski definition) is 13. The van der Waals surface area contributed by atoms with Gasteiger partial charge in [0.25, 0.3) is 11.5 Å². The molecule has 42 heavy (non-hydrogen) atoms. The second-order valence-corrected chi connectivity index (χ2v) is 10.7. The van der Waals surface area contributed by atoms with Crippen molar-refractivity contribution in [1.29, 1.82) is 0 Å². The molecule has 1 unspecified atom stereocenters. The summed E-state index contributed by atoms with van der Waals surface area (Å²) in [5.41, 5.74) is -3.02. The fraction of sp³-hybridized carbons (Fsp3) is 0.136. The number of azo groups is 1. The van der Waals surface area contributed by atoms with Gasteiger partial charge in [0.1, 0.15) is 25.8 Å². The van der Waals surface area contributed by atoms with Gasteiger partial charge < -0.3 is 29.4 Å². The smallest absolute Gasteiger partial charge is 0.744 e. The molecule has 1 amide bonds. The first-order chi connectivity index (χ1) is 18.0. The quantitative estimate of drug-likeness (QED) is 0.118. The van der Waals surface area contributed by atoms with Gasteiger partial charge in [0, 0.05) is 11.1 Å². The van der Waals surface area contributed by atoms with Gasteiger partial charge in [-0.05, 0) is 49.7 Å². The largest absolute Gasteiger partial charge is 1.00 e.